The Kier molecular flexibility index (Phi) is 6.04. The molecule has 0 saturated heterocycles. The topological polar surface area (TPSA) is 84.3 Å². The molecule has 6 nitrogen and oxygen atoms in total. The molecule has 7 heteroatoms. The number of rotatable bonds is 6. The van der Waals surface area contributed by atoms with Crippen LogP contribution in [-0.4, -0.2) is 16.9 Å². The SMILES string of the molecule is C[C@@H](N[C@H](C)c1ccc2c(c1)CCCC2)C(=O)Nc1ccc(F)c([N+](=O)[O-])c1. The van der Waals surface area contributed by atoms with E-state index in [9.17, 15) is 19.3 Å². The molecule has 0 fully saturated rings. The fourth-order valence-electron chi connectivity index (χ4n) is 3.55. The second kappa shape index (κ2) is 8.48. The molecule has 2 aromatic rings. The summed E-state index contributed by atoms with van der Waals surface area (Å²) in [7, 11) is 0. The highest BCUT2D eigenvalue weighted by Gasteiger charge is 2.20. The summed E-state index contributed by atoms with van der Waals surface area (Å²) in [5.74, 6) is -1.28. The molecule has 0 saturated carbocycles. The van der Waals surface area contributed by atoms with Gasteiger partial charge in [0.25, 0.3) is 0 Å². The third-order valence-electron chi connectivity index (χ3n) is 5.18. The number of hydrogen-bond donors (Lipinski definition) is 2. The number of fused-ring (bicyclic) bond motifs is 1. The molecule has 0 radical (unpaired) electrons. The van der Waals surface area contributed by atoms with Gasteiger partial charge in [0.1, 0.15) is 0 Å². The number of amides is 1. The Morgan fingerprint density at radius 3 is 2.54 bits per heavy atom. The average Bonchev–Trinajstić information content (AvgIpc) is 2.68. The van der Waals surface area contributed by atoms with E-state index in [-0.39, 0.29) is 17.6 Å². The van der Waals surface area contributed by atoms with Crippen LogP contribution in [0.1, 0.15) is 49.4 Å². The fraction of sp³-hybridized carbons (Fsp3) is 0.381. The van der Waals surface area contributed by atoms with Crippen LogP contribution in [0.2, 0.25) is 0 Å². The average molecular weight is 385 g/mol. The maximum Gasteiger partial charge on any atom is 0.306 e. The summed E-state index contributed by atoms with van der Waals surface area (Å²) in [5.41, 5.74) is 3.44. The van der Waals surface area contributed by atoms with Gasteiger partial charge in [-0.3, -0.25) is 20.2 Å². The number of carbonyl (C=O) groups is 1. The van der Waals surface area contributed by atoms with Crippen LogP contribution in [0.3, 0.4) is 0 Å². The first-order valence-electron chi connectivity index (χ1n) is 9.47. The molecule has 0 heterocycles. The van der Waals surface area contributed by atoms with Crippen LogP contribution in [0.5, 0.6) is 0 Å². The predicted molar refractivity (Wildman–Crippen MR) is 106 cm³/mol. The maximum absolute atomic E-state index is 13.4. The Balaban J connectivity index is 1.64. The van der Waals surface area contributed by atoms with Crippen LogP contribution < -0.4 is 10.6 Å². The van der Waals surface area contributed by atoms with Crippen molar-refractivity contribution in [3.63, 3.8) is 0 Å². The first-order chi connectivity index (χ1) is 13.3. The van der Waals surface area contributed by atoms with Crippen LogP contribution in [0.4, 0.5) is 15.8 Å². The Morgan fingerprint density at radius 1 is 1.11 bits per heavy atom. The second-order valence-electron chi connectivity index (χ2n) is 7.26. The molecule has 2 N–H and O–H groups in total. The standard InChI is InChI=1S/C21H24FN3O3/c1-13(16-8-7-15-5-3-4-6-17(15)11-16)23-14(2)21(26)24-18-9-10-19(22)20(12-18)25(27)28/h7-14,23H,3-6H2,1-2H3,(H,24,26)/t13-,14-/m1/s1. The number of halogens is 1. The van der Waals surface area contributed by atoms with Gasteiger partial charge in [0, 0.05) is 17.8 Å². The van der Waals surface area contributed by atoms with E-state index in [1.807, 2.05) is 6.92 Å². The zero-order valence-corrected chi connectivity index (χ0v) is 16.0. The Bertz CT molecular complexity index is 900. The van der Waals surface area contributed by atoms with Crippen molar-refractivity contribution < 1.29 is 14.1 Å². The molecule has 1 aliphatic carbocycles. The Hall–Kier alpha value is -2.80. The molecule has 0 aliphatic heterocycles. The van der Waals surface area contributed by atoms with Gasteiger partial charge in [0.2, 0.25) is 11.7 Å². The summed E-state index contributed by atoms with van der Waals surface area (Å²) < 4.78 is 13.4. The van der Waals surface area contributed by atoms with Crippen molar-refractivity contribution in [2.75, 3.05) is 5.32 Å². The van der Waals surface area contributed by atoms with Gasteiger partial charge < -0.3 is 5.32 Å². The second-order valence-corrected chi connectivity index (χ2v) is 7.26. The summed E-state index contributed by atoms with van der Waals surface area (Å²) in [6, 6.07) is 9.21. The molecule has 3 rings (SSSR count). The van der Waals surface area contributed by atoms with Gasteiger partial charge in [0.05, 0.1) is 11.0 Å². The quantitative estimate of drug-likeness (QED) is 0.574. The lowest BCUT2D eigenvalue weighted by molar-refractivity contribution is -0.387. The number of hydrogen-bond acceptors (Lipinski definition) is 4. The largest absolute Gasteiger partial charge is 0.324 e. The number of benzene rings is 2. The zero-order chi connectivity index (χ0) is 20.3. The minimum absolute atomic E-state index is 0.0319. The third kappa shape index (κ3) is 4.54. The van der Waals surface area contributed by atoms with Crippen LogP contribution in [0.25, 0.3) is 0 Å². The number of nitrogens with one attached hydrogen (secondary N) is 2. The molecule has 0 aromatic heterocycles. The Labute approximate surface area is 163 Å². The summed E-state index contributed by atoms with van der Waals surface area (Å²) in [4.78, 5) is 22.5. The predicted octanol–water partition coefficient (Wildman–Crippen LogP) is 4.29. The van der Waals surface area contributed by atoms with Gasteiger partial charge in [0.15, 0.2) is 0 Å². The summed E-state index contributed by atoms with van der Waals surface area (Å²) in [6.45, 7) is 3.72. The first kappa shape index (κ1) is 19.9. The highest BCUT2D eigenvalue weighted by molar-refractivity contribution is 5.94. The van der Waals surface area contributed by atoms with E-state index in [2.05, 4.69) is 28.8 Å². The summed E-state index contributed by atoms with van der Waals surface area (Å²) in [6.07, 6.45) is 4.66. The van der Waals surface area contributed by atoms with Gasteiger partial charge in [-0.05, 0) is 68.4 Å². The highest BCUT2D eigenvalue weighted by atomic mass is 19.1. The van der Waals surface area contributed by atoms with Gasteiger partial charge in [-0.15, -0.1) is 0 Å². The molecular formula is C21H24FN3O3. The lowest BCUT2D eigenvalue weighted by Gasteiger charge is -2.22. The molecule has 2 atom stereocenters. The molecule has 0 unspecified atom stereocenters. The lowest BCUT2D eigenvalue weighted by Crippen LogP contribution is -2.39. The van der Waals surface area contributed by atoms with Crippen molar-refractivity contribution in [3.8, 4) is 0 Å². The maximum atomic E-state index is 13.4. The smallest absolute Gasteiger partial charge is 0.306 e. The Morgan fingerprint density at radius 2 is 1.82 bits per heavy atom. The van der Waals surface area contributed by atoms with E-state index in [0.717, 1.165) is 30.5 Å². The monoisotopic (exact) mass is 385 g/mol. The van der Waals surface area contributed by atoms with Gasteiger partial charge in [-0.1, -0.05) is 18.2 Å². The van der Waals surface area contributed by atoms with E-state index in [0.29, 0.717) is 0 Å². The molecule has 1 aliphatic rings. The molecule has 28 heavy (non-hydrogen) atoms. The van der Waals surface area contributed by atoms with E-state index in [1.54, 1.807) is 6.92 Å². The molecule has 0 bridgehead atoms. The number of nitro groups is 1. The molecule has 148 valence electrons. The van der Waals surface area contributed by atoms with Crippen molar-refractivity contribution in [2.24, 2.45) is 0 Å². The van der Waals surface area contributed by atoms with Crippen LogP contribution in [0, 0.1) is 15.9 Å². The number of nitrogens with zero attached hydrogens (tertiary/aromatic N) is 1. The minimum Gasteiger partial charge on any atom is -0.324 e. The normalized spacial score (nSPS) is 15.4. The van der Waals surface area contributed by atoms with Crippen molar-refractivity contribution in [2.45, 2.75) is 51.6 Å². The lowest BCUT2D eigenvalue weighted by atomic mass is 9.89. The van der Waals surface area contributed by atoms with E-state index in [1.165, 1.54) is 30.0 Å². The molecule has 0 spiro atoms. The number of nitro benzene ring substituents is 1. The van der Waals surface area contributed by atoms with E-state index < -0.39 is 22.5 Å². The summed E-state index contributed by atoms with van der Waals surface area (Å²) in [5, 5.41) is 16.7. The first-order valence-corrected chi connectivity index (χ1v) is 9.47. The van der Waals surface area contributed by atoms with Crippen LogP contribution in [0.15, 0.2) is 36.4 Å². The van der Waals surface area contributed by atoms with Crippen molar-refractivity contribution >= 4 is 17.3 Å². The van der Waals surface area contributed by atoms with E-state index in [4.69, 9.17) is 0 Å². The minimum atomic E-state index is -0.935. The molecule has 2 aromatic carbocycles. The van der Waals surface area contributed by atoms with Crippen molar-refractivity contribution in [1.29, 1.82) is 0 Å². The number of carbonyl (C=O) groups excluding carboxylic acids is 1. The van der Waals surface area contributed by atoms with Gasteiger partial charge in [-0.25, -0.2) is 0 Å². The number of anilines is 1. The van der Waals surface area contributed by atoms with Crippen molar-refractivity contribution in [3.05, 3.63) is 69.0 Å². The van der Waals surface area contributed by atoms with E-state index >= 15 is 0 Å². The van der Waals surface area contributed by atoms with Crippen LogP contribution in [-0.2, 0) is 17.6 Å². The zero-order valence-electron chi connectivity index (χ0n) is 16.0. The van der Waals surface area contributed by atoms with Gasteiger partial charge in [-0.2, -0.15) is 4.39 Å². The van der Waals surface area contributed by atoms with Gasteiger partial charge >= 0.3 is 5.69 Å². The molecule has 1 amide bonds. The summed E-state index contributed by atoms with van der Waals surface area (Å²) >= 11 is 0. The fourth-order valence-corrected chi connectivity index (χ4v) is 3.55. The number of aryl methyl sites for hydroxylation is 2. The van der Waals surface area contributed by atoms with Crippen molar-refractivity contribution in [1.82, 2.24) is 5.32 Å². The highest BCUT2D eigenvalue weighted by Crippen LogP contribution is 2.25. The van der Waals surface area contributed by atoms with Crippen LogP contribution >= 0.6 is 0 Å². The molecular weight excluding hydrogens is 361 g/mol. The third-order valence-corrected chi connectivity index (χ3v) is 5.18.